The van der Waals surface area contributed by atoms with Crippen LogP contribution in [0.1, 0.15) is 30.1 Å². The van der Waals surface area contributed by atoms with Crippen LogP contribution >= 0.6 is 0 Å². The Morgan fingerprint density at radius 1 is 1.57 bits per heavy atom. The van der Waals surface area contributed by atoms with Gasteiger partial charge in [-0.2, -0.15) is 0 Å². The van der Waals surface area contributed by atoms with Crippen molar-refractivity contribution < 1.29 is 19.1 Å². The second-order valence-electron chi connectivity index (χ2n) is 5.05. The van der Waals surface area contributed by atoms with E-state index >= 15 is 0 Å². The second kappa shape index (κ2) is 6.56. The highest BCUT2D eigenvalue weighted by atomic mass is 19.1. The minimum absolute atomic E-state index is 0.0517. The van der Waals surface area contributed by atoms with Crippen molar-refractivity contribution in [3.05, 3.63) is 29.6 Å². The quantitative estimate of drug-likeness (QED) is 0.688. The van der Waals surface area contributed by atoms with E-state index in [1.54, 1.807) is 11.0 Å². The first-order valence-electron chi connectivity index (χ1n) is 6.94. The molecule has 0 spiro atoms. The van der Waals surface area contributed by atoms with Crippen molar-refractivity contribution in [1.82, 2.24) is 4.90 Å². The number of hydrogen-bond donors (Lipinski definition) is 1. The normalized spacial score (nSPS) is 20.6. The van der Waals surface area contributed by atoms with Crippen LogP contribution in [-0.4, -0.2) is 41.9 Å². The van der Waals surface area contributed by atoms with Crippen molar-refractivity contribution in [3.63, 3.8) is 0 Å². The molecule has 1 aliphatic rings. The Kier molecular flexibility index (Phi) is 4.77. The number of rotatable bonds is 3. The van der Waals surface area contributed by atoms with Crippen molar-refractivity contribution in [2.45, 2.75) is 19.8 Å². The van der Waals surface area contributed by atoms with E-state index in [4.69, 9.17) is 9.94 Å². The van der Waals surface area contributed by atoms with E-state index in [2.05, 4.69) is 5.16 Å². The molecule has 5 nitrogen and oxygen atoms in total. The Balaban J connectivity index is 2.15. The molecule has 1 atom stereocenters. The van der Waals surface area contributed by atoms with Crippen LogP contribution in [0.3, 0.4) is 0 Å². The minimum atomic E-state index is -0.551. The van der Waals surface area contributed by atoms with Crippen LogP contribution in [0.4, 0.5) is 4.39 Å². The summed E-state index contributed by atoms with van der Waals surface area (Å²) in [5, 5.41) is 12.3. The molecule has 0 bridgehead atoms. The molecule has 1 aliphatic heterocycles. The number of ether oxygens (including phenoxy) is 1. The summed E-state index contributed by atoms with van der Waals surface area (Å²) in [5.74, 6) is -0.598. The molecule has 1 N–H and O–H groups in total. The Bertz CT molecular complexity index is 560. The fraction of sp³-hybridized carbons (Fsp3) is 0.467. The number of carbonyl (C=O) groups is 1. The lowest BCUT2D eigenvalue weighted by atomic mass is 9.93. The van der Waals surface area contributed by atoms with Crippen molar-refractivity contribution in [1.29, 1.82) is 0 Å². The van der Waals surface area contributed by atoms with Gasteiger partial charge in [0.15, 0.2) is 11.6 Å². The van der Waals surface area contributed by atoms with Gasteiger partial charge in [-0.05, 0) is 24.6 Å². The zero-order valence-corrected chi connectivity index (χ0v) is 12.2. The third kappa shape index (κ3) is 3.15. The highest BCUT2D eigenvalue weighted by Gasteiger charge is 2.28. The number of oxime groups is 1. The third-order valence-corrected chi connectivity index (χ3v) is 3.86. The van der Waals surface area contributed by atoms with Gasteiger partial charge in [-0.3, -0.25) is 4.79 Å². The molecule has 1 aromatic carbocycles. The zero-order chi connectivity index (χ0) is 15.4. The number of piperidine rings is 1. The van der Waals surface area contributed by atoms with E-state index in [9.17, 15) is 9.18 Å². The molecule has 1 aromatic rings. The first kappa shape index (κ1) is 15.3. The van der Waals surface area contributed by atoms with Crippen molar-refractivity contribution in [2.24, 2.45) is 11.1 Å². The molecule has 0 aromatic heterocycles. The van der Waals surface area contributed by atoms with Crippen LogP contribution in [0.15, 0.2) is 23.4 Å². The molecule has 1 fully saturated rings. The van der Waals surface area contributed by atoms with Gasteiger partial charge >= 0.3 is 0 Å². The highest BCUT2D eigenvalue weighted by Crippen LogP contribution is 2.22. The largest absolute Gasteiger partial charge is 0.494 e. The van der Waals surface area contributed by atoms with E-state index in [1.807, 2.05) is 6.92 Å². The van der Waals surface area contributed by atoms with Crippen molar-refractivity contribution >= 4 is 11.6 Å². The Morgan fingerprint density at radius 3 is 2.90 bits per heavy atom. The Labute approximate surface area is 123 Å². The maximum absolute atomic E-state index is 13.7. The average Bonchev–Trinajstić information content (AvgIpc) is 2.53. The maximum Gasteiger partial charge on any atom is 0.253 e. The molecular formula is C15H19FN2O3. The van der Waals surface area contributed by atoms with Crippen molar-refractivity contribution in [3.8, 4) is 5.75 Å². The van der Waals surface area contributed by atoms with Gasteiger partial charge in [0, 0.05) is 31.0 Å². The molecule has 1 heterocycles. The van der Waals surface area contributed by atoms with E-state index in [1.165, 1.54) is 19.2 Å². The first-order chi connectivity index (χ1) is 10.1. The van der Waals surface area contributed by atoms with Gasteiger partial charge in [0.25, 0.3) is 5.91 Å². The van der Waals surface area contributed by atoms with Gasteiger partial charge in [-0.15, -0.1) is 0 Å². The summed E-state index contributed by atoms with van der Waals surface area (Å²) in [5.41, 5.74) is 1.02. The fourth-order valence-electron chi connectivity index (χ4n) is 2.58. The van der Waals surface area contributed by atoms with Crippen LogP contribution in [0.5, 0.6) is 5.75 Å². The SMILES string of the molecule is CCC1CN(C(=O)c2ccc(OC)c(F)c2)CC/C1=N\O. The summed E-state index contributed by atoms with van der Waals surface area (Å²) in [6, 6.07) is 4.20. The fourth-order valence-corrected chi connectivity index (χ4v) is 2.58. The standard InChI is InChI=1S/C15H19FN2O3/c1-3-10-9-18(7-6-13(10)17-20)15(19)11-4-5-14(21-2)12(16)8-11/h4-5,8,10,20H,3,6-7,9H2,1-2H3/b17-13+. The summed E-state index contributed by atoms with van der Waals surface area (Å²) < 4.78 is 18.5. The van der Waals surface area contributed by atoms with Gasteiger partial charge in [0.05, 0.1) is 12.8 Å². The van der Waals surface area contributed by atoms with Crippen LogP contribution in [0, 0.1) is 11.7 Å². The summed E-state index contributed by atoms with van der Waals surface area (Å²) in [6.07, 6.45) is 1.33. The molecule has 21 heavy (non-hydrogen) atoms. The smallest absolute Gasteiger partial charge is 0.253 e. The molecule has 1 amide bonds. The number of likely N-dealkylation sites (tertiary alicyclic amines) is 1. The number of halogens is 1. The number of amides is 1. The molecule has 2 rings (SSSR count). The molecule has 1 saturated heterocycles. The second-order valence-corrected chi connectivity index (χ2v) is 5.05. The van der Waals surface area contributed by atoms with Gasteiger partial charge in [-0.25, -0.2) is 4.39 Å². The summed E-state index contributed by atoms with van der Waals surface area (Å²) >= 11 is 0. The van der Waals surface area contributed by atoms with Crippen LogP contribution < -0.4 is 4.74 Å². The van der Waals surface area contributed by atoms with Crippen LogP contribution in [0.2, 0.25) is 0 Å². The summed E-state index contributed by atoms with van der Waals surface area (Å²) in [6.45, 7) is 2.95. The Morgan fingerprint density at radius 2 is 2.33 bits per heavy atom. The number of hydrogen-bond acceptors (Lipinski definition) is 4. The van der Waals surface area contributed by atoms with E-state index in [0.29, 0.717) is 25.1 Å². The molecule has 0 saturated carbocycles. The summed E-state index contributed by atoms with van der Waals surface area (Å²) in [4.78, 5) is 14.1. The molecule has 6 heteroatoms. The number of nitrogens with zero attached hydrogens (tertiary/aromatic N) is 2. The van der Waals surface area contributed by atoms with Gasteiger partial charge in [-0.1, -0.05) is 12.1 Å². The number of benzene rings is 1. The lowest BCUT2D eigenvalue weighted by molar-refractivity contribution is 0.0728. The number of methoxy groups -OCH3 is 1. The maximum atomic E-state index is 13.7. The lowest BCUT2D eigenvalue weighted by Crippen LogP contribution is -2.44. The van der Waals surface area contributed by atoms with Gasteiger partial charge in [0.1, 0.15) is 0 Å². The highest BCUT2D eigenvalue weighted by molar-refractivity contribution is 5.96. The molecule has 1 unspecified atom stereocenters. The third-order valence-electron chi connectivity index (χ3n) is 3.86. The van der Waals surface area contributed by atoms with Gasteiger partial charge < -0.3 is 14.8 Å². The van der Waals surface area contributed by atoms with E-state index in [-0.39, 0.29) is 17.6 Å². The minimum Gasteiger partial charge on any atom is -0.494 e. The summed E-state index contributed by atoms with van der Waals surface area (Å²) in [7, 11) is 1.38. The number of carbonyl (C=O) groups excluding carboxylic acids is 1. The molecule has 114 valence electrons. The monoisotopic (exact) mass is 294 g/mol. The molecule has 0 radical (unpaired) electrons. The van der Waals surface area contributed by atoms with Gasteiger partial charge in [0.2, 0.25) is 0 Å². The van der Waals surface area contributed by atoms with Crippen LogP contribution in [0.25, 0.3) is 0 Å². The van der Waals surface area contributed by atoms with E-state index < -0.39 is 5.82 Å². The topological polar surface area (TPSA) is 62.1 Å². The first-order valence-corrected chi connectivity index (χ1v) is 6.94. The zero-order valence-electron chi connectivity index (χ0n) is 12.2. The Hall–Kier alpha value is -2.11. The predicted octanol–water partition coefficient (Wildman–Crippen LogP) is 2.54. The predicted molar refractivity (Wildman–Crippen MR) is 76.5 cm³/mol. The molecular weight excluding hydrogens is 275 g/mol. The van der Waals surface area contributed by atoms with Crippen LogP contribution in [-0.2, 0) is 0 Å². The lowest BCUT2D eigenvalue weighted by Gasteiger charge is -2.32. The average molecular weight is 294 g/mol. The van der Waals surface area contributed by atoms with Crippen molar-refractivity contribution in [2.75, 3.05) is 20.2 Å². The molecule has 0 aliphatic carbocycles. The van der Waals surface area contributed by atoms with E-state index in [0.717, 1.165) is 12.1 Å².